The number of hydrogen-bond donors (Lipinski definition) is 1. The van der Waals surface area contributed by atoms with Crippen molar-refractivity contribution in [2.75, 3.05) is 19.8 Å². The predicted octanol–water partition coefficient (Wildman–Crippen LogP) is 3.50. The number of aliphatic hydroxyl groups is 1. The molecule has 0 aromatic heterocycles. The Bertz CT molecular complexity index is 541. The van der Waals surface area contributed by atoms with Gasteiger partial charge in [-0.1, -0.05) is 12.1 Å². The lowest BCUT2D eigenvalue weighted by Gasteiger charge is -2.32. The molecule has 5 nitrogen and oxygen atoms in total. The molecular weight excluding hydrogens is 350 g/mol. The molecule has 1 aromatic carbocycles. The van der Waals surface area contributed by atoms with E-state index in [-0.39, 0.29) is 18.7 Å². The number of para-hydroxylation sites is 1. The first-order valence-corrected chi connectivity index (χ1v) is 8.14. The van der Waals surface area contributed by atoms with Crippen molar-refractivity contribution in [3.63, 3.8) is 0 Å². The smallest absolute Gasteiger partial charge is 0.410 e. The van der Waals surface area contributed by atoms with E-state index in [1.54, 1.807) is 4.90 Å². The van der Waals surface area contributed by atoms with Crippen molar-refractivity contribution in [2.45, 2.75) is 38.8 Å². The molecule has 0 radical (unpaired) electrons. The Hall–Kier alpha value is -1.27. The minimum absolute atomic E-state index is 0.0179. The summed E-state index contributed by atoms with van der Waals surface area (Å²) in [6.07, 6.45) is 0.0499. The third-order valence-electron chi connectivity index (χ3n) is 3.34. The van der Waals surface area contributed by atoms with Crippen molar-refractivity contribution in [3.05, 3.63) is 28.2 Å². The molecule has 1 aliphatic rings. The number of amides is 1. The van der Waals surface area contributed by atoms with E-state index in [1.807, 2.05) is 39.0 Å². The maximum Gasteiger partial charge on any atom is 0.410 e. The average Bonchev–Trinajstić information content (AvgIpc) is 2.59. The Kier molecular flexibility index (Phi) is 5.34. The summed E-state index contributed by atoms with van der Waals surface area (Å²) in [5.74, 6) is 0.729. The number of hydrogen-bond acceptors (Lipinski definition) is 4. The predicted molar refractivity (Wildman–Crippen MR) is 87.0 cm³/mol. The second-order valence-electron chi connectivity index (χ2n) is 6.21. The number of fused-ring (bicyclic) bond motifs is 1. The summed E-state index contributed by atoms with van der Waals surface area (Å²) in [5.41, 5.74) is 0.320. The van der Waals surface area contributed by atoms with Crippen LogP contribution >= 0.6 is 15.9 Å². The number of rotatable bonds is 2. The van der Waals surface area contributed by atoms with Gasteiger partial charge in [0.15, 0.2) is 0 Å². The minimum Gasteiger partial charge on any atom is -0.490 e. The molecule has 1 unspecified atom stereocenters. The monoisotopic (exact) mass is 371 g/mol. The van der Waals surface area contributed by atoms with E-state index >= 15 is 0 Å². The van der Waals surface area contributed by atoms with E-state index in [1.165, 1.54) is 0 Å². The first kappa shape index (κ1) is 17.1. The summed E-state index contributed by atoms with van der Waals surface area (Å²) < 4.78 is 12.1. The van der Waals surface area contributed by atoms with Crippen LogP contribution in [0.25, 0.3) is 0 Å². The SMILES string of the molecule is CC(C)(C)OC(=O)N1CCOc2c(Br)cccc2C1CCO. The number of carbonyl (C=O) groups excluding carboxylic acids is 1. The van der Waals surface area contributed by atoms with Crippen LogP contribution in [0.4, 0.5) is 4.79 Å². The molecule has 0 aliphatic carbocycles. The summed E-state index contributed by atoms with van der Waals surface area (Å²) in [7, 11) is 0. The standard InChI is InChI=1S/C16H22BrNO4/c1-16(2,3)22-15(20)18-8-10-21-14-11(13(18)7-9-19)5-4-6-12(14)17/h4-6,13,19H,7-10H2,1-3H3. The Balaban J connectivity index is 2.36. The zero-order valence-electron chi connectivity index (χ0n) is 13.1. The third kappa shape index (κ3) is 3.93. The molecule has 0 fully saturated rings. The normalized spacial score (nSPS) is 18.2. The molecule has 122 valence electrons. The van der Waals surface area contributed by atoms with Gasteiger partial charge < -0.3 is 14.6 Å². The molecule has 6 heteroatoms. The molecule has 1 heterocycles. The van der Waals surface area contributed by atoms with Crippen molar-refractivity contribution in [1.29, 1.82) is 0 Å². The average molecular weight is 372 g/mol. The highest BCUT2D eigenvalue weighted by molar-refractivity contribution is 9.10. The van der Waals surface area contributed by atoms with Crippen LogP contribution in [0.3, 0.4) is 0 Å². The Morgan fingerprint density at radius 1 is 1.50 bits per heavy atom. The van der Waals surface area contributed by atoms with Crippen molar-refractivity contribution in [3.8, 4) is 5.75 Å². The number of benzene rings is 1. The van der Waals surface area contributed by atoms with Crippen LogP contribution in [-0.4, -0.2) is 41.5 Å². The molecule has 1 aliphatic heterocycles. The van der Waals surface area contributed by atoms with Crippen molar-refractivity contribution < 1.29 is 19.4 Å². The van der Waals surface area contributed by atoms with Gasteiger partial charge in [0.2, 0.25) is 0 Å². The zero-order valence-corrected chi connectivity index (χ0v) is 14.7. The quantitative estimate of drug-likeness (QED) is 0.863. The van der Waals surface area contributed by atoms with Crippen molar-refractivity contribution >= 4 is 22.0 Å². The topological polar surface area (TPSA) is 59.0 Å². The van der Waals surface area contributed by atoms with Gasteiger partial charge in [-0.2, -0.15) is 0 Å². The fourth-order valence-corrected chi connectivity index (χ4v) is 2.98. The van der Waals surface area contributed by atoms with Crippen LogP contribution in [-0.2, 0) is 4.74 Å². The highest BCUT2D eigenvalue weighted by Crippen LogP contribution is 2.39. The molecule has 0 saturated carbocycles. The van der Waals surface area contributed by atoms with Crippen LogP contribution in [0.5, 0.6) is 5.75 Å². The second kappa shape index (κ2) is 6.87. The number of aliphatic hydroxyl groups excluding tert-OH is 1. The molecule has 1 amide bonds. The summed E-state index contributed by atoms with van der Waals surface area (Å²) in [6, 6.07) is 5.45. The molecule has 22 heavy (non-hydrogen) atoms. The Morgan fingerprint density at radius 3 is 2.86 bits per heavy atom. The number of halogens is 1. The van der Waals surface area contributed by atoms with E-state index in [4.69, 9.17) is 9.47 Å². The molecular formula is C16H22BrNO4. The highest BCUT2D eigenvalue weighted by Gasteiger charge is 2.33. The van der Waals surface area contributed by atoms with Gasteiger partial charge in [-0.3, -0.25) is 4.90 Å². The van der Waals surface area contributed by atoms with Gasteiger partial charge in [0, 0.05) is 12.2 Å². The number of carbonyl (C=O) groups is 1. The highest BCUT2D eigenvalue weighted by atomic mass is 79.9. The summed E-state index contributed by atoms with van der Waals surface area (Å²) in [6.45, 7) is 6.30. The fourth-order valence-electron chi connectivity index (χ4n) is 2.48. The maximum absolute atomic E-state index is 12.5. The van der Waals surface area contributed by atoms with E-state index < -0.39 is 5.60 Å². The summed E-state index contributed by atoms with van der Waals surface area (Å²) in [5, 5.41) is 9.41. The van der Waals surface area contributed by atoms with E-state index in [2.05, 4.69) is 15.9 Å². The van der Waals surface area contributed by atoms with Gasteiger partial charge in [-0.25, -0.2) is 4.79 Å². The zero-order chi connectivity index (χ0) is 16.3. The minimum atomic E-state index is -0.561. The summed E-state index contributed by atoms with van der Waals surface area (Å²) in [4.78, 5) is 14.1. The molecule has 1 N–H and O–H groups in total. The molecule has 0 bridgehead atoms. The maximum atomic E-state index is 12.5. The Labute approximate surface area is 139 Å². The summed E-state index contributed by atoms with van der Waals surface area (Å²) >= 11 is 3.48. The largest absolute Gasteiger partial charge is 0.490 e. The van der Waals surface area contributed by atoms with Gasteiger partial charge >= 0.3 is 6.09 Å². The second-order valence-corrected chi connectivity index (χ2v) is 7.06. The molecule has 0 spiro atoms. The van der Waals surface area contributed by atoms with Crippen molar-refractivity contribution in [2.24, 2.45) is 0 Å². The van der Waals surface area contributed by atoms with Crippen LogP contribution in [0, 0.1) is 0 Å². The number of ether oxygens (including phenoxy) is 2. The first-order chi connectivity index (χ1) is 10.3. The van der Waals surface area contributed by atoms with E-state index in [0.29, 0.717) is 19.6 Å². The van der Waals surface area contributed by atoms with Gasteiger partial charge in [-0.15, -0.1) is 0 Å². The van der Waals surface area contributed by atoms with Crippen LogP contribution < -0.4 is 4.74 Å². The number of nitrogens with zero attached hydrogens (tertiary/aromatic N) is 1. The third-order valence-corrected chi connectivity index (χ3v) is 3.97. The van der Waals surface area contributed by atoms with E-state index in [0.717, 1.165) is 15.8 Å². The lowest BCUT2D eigenvalue weighted by Crippen LogP contribution is -2.40. The van der Waals surface area contributed by atoms with Gasteiger partial charge in [0.25, 0.3) is 0 Å². The fraction of sp³-hybridized carbons (Fsp3) is 0.562. The Morgan fingerprint density at radius 2 is 2.23 bits per heavy atom. The van der Waals surface area contributed by atoms with Gasteiger partial charge in [0.05, 0.1) is 17.1 Å². The van der Waals surface area contributed by atoms with Gasteiger partial charge in [0.1, 0.15) is 18.0 Å². The molecule has 1 atom stereocenters. The lowest BCUT2D eigenvalue weighted by atomic mass is 10.0. The molecule has 0 saturated heterocycles. The first-order valence-electron chi connectivity index (χ1n) is 7.35. The van der Waals surface area contributed by atoms with Crippen LogP contribution in [0.1, 0.15) is 38.8 Å². The van der Waals surface area contributed by atoms with Gasteiger partial charge in [-0.05, 0) is 49.2 Å². The molecule has 2 rings (SSSR count). The van der Waals surface area contributed by atoms with Crippen molar-refractivity contribution in [1.82, 2.24) is 4.90 Å². The van der Waals surface area contributed by atoms with Crippen LogP contribution in [0.2, 0.25) is 0 Å². The van der Waals surface area contributed by atoms with E-state index in [9.17, 15) is 9.90 Å². The molecule has 1 aromatic rings. The van der Waals surface area contributed by atoms with Crippen LogP contribution in [0.15, 0.2) is 22.7 Å². The lowest BCUT2D eigenvalue weighted by molar-refractivity contribution is 0.0128.